The molecule has 0 unspecified atom stereocenters. The molecule has 0 fully saturated rings. The lowest BCUT2D eigenvalue weighted by atomic mass is 9.99. The van der Waals surface area contributed by atoms with E-state index in [9.17, 15) is 0 Å². The third kappa shape index (κ3) is 1.94. The van der Waals surface area contributed by atoms with E-state index < -0.39 is 0 Å². The van der Waals surface area contributed by atoms with Crippen LogP contribution in [0.25, 0.3) is 0 Å². The average molecular weight is 186 g/mol. The smallest absolute Gasteiger partial charge is 0.0471 e. The quantitative estimate of drug-likeness (QED) is 0.768. The van der Waals surface area contributed by atoms with E-state index in [0.717, 1.165) is 6.42 Å². The van der Waals surface area contributed by atoms with Crippen molar-refractivity contribution in [3.8, 4) is 0 Å². The molecule has 0 aliphatic heterocycles. The number of hydrogen-bond donors (Lipinski definition) is 1. The molecule has 1 nitrogen and oxygen atoms in total. The Morgan fingerprint density at radius 3 is 2.21 bits per heavy atom. The average Bonchev–Trinajstić information content (AvgIpc) is 2.72. The van der Waals surface area contributed by atoms with Crippen LogP contribution in [0.4, 0.5) is 0 Å². The molecule has 0 saturated heterocycles. The number of aliphatic hydroxyl groups is 1. The highest BCUT2D eigenvalue weighted by atomic mass is 16.2. The Labute approximate surface area is 84.4 Å². The van der Waals surface area contributed by atoms with E-state index in [-0.39, 0.29) is 6.61 Å². The van der Waals surface area contributed by atoms with Crippen molar-refractivity contribution in [2.75, 3.05) is 6.61 Å². The second-order valence-electron chi connectivity index (χ2n) is 3.51. The van der Waals surface area contributed by atoms with Crippen molar-refractivity contribution in [2.24, 2.45) is 0 Å². The van der Waals surface area contributed by atoms with Crippen LogP contribution in [0.15, 0.2) is 48.6 Å². The van der Waals surface area contributed by atoms with Crippen LogP contribution in [-0.4, -0.2) is 11.7 Å². The van der Waals surface area contributed by atoms with E-state index in [4.69, 9.17) is 5.11 Å². The van der Waals surface area contributed by atoms with E-state index in [0.29, 0.717) is 5.92 Å². The first-order chi connectivity index (χ1) is 6.90. The molecule has 1 heteroatoms. The second kappa shape index (κ2) is 4.25. The fourth-order valence-corrected chi connectivity index (χ4v) is 1.69. The van der Waals surface area contributed by atoms with Gasteiger partial charge in [-0.1, -0.05) is 48.6 Å². The summed E-state index contributed by atoms with van der Waals surface area (Å²) in [5.41, 5.74) is 2.51. The molecule has 1 aliphatic carbocycles. The number of aliphatic hydroxyl groups excluding tert-OH is 1. The lowest BCUT2D eigenvalue weighted by Gasteiger charge is -2.06. The monoisotopic (exact) mass is 186 g/mol. The molecule has 0 saturated carbocycles. The maximum atomic E-state index is 8.78. The van der Waals surface area contributed by atoms with Crippen LogP contribution < -0.4 is 0 Å². The highest BCUT2D eigenvalue weighted by Gasteiger charge is 2.05. The summed E-state index contributed by atoms with van der Waals surface area (Å²) in [5, 5.41) is 8.78. The zero-order chi connectivity index (χ0) is 9.80. The first-order valence-electron chi connectivity index (χ1n) is 4.95. The Bertz CT molecular complexity index is 334. The van der Waals surface area contributed by atoms with Gasteiger partial charge in [-0.15, -0.1) is 0 Å². The Kier molecular flexibility index (Phi) is 2.80. The zero-order valence-corrected chi connectivity index (χ0v) is 8.06. The van der Waals surface area contributed by atoms with Crippen molar-refractivity contribution >= 4 is 0 Å². The van der Waals surface area contributed by atoms with Gasteiger partial charge in [0.15, 0.2) is 0 Å². The lowest BCUT2D eigenvalue weighted by molar-refractivity contribution is 0.299. The van der Waals surface area contributed by atoms with Crippen LogP contribution in [0.2, 0.25) is 0 Å². The molecule has 0 bridgehead atoms. The van der Waals surface area contributed by atoms with Gasteiger partial charge in [-0.2, -0.15) is 0 Å². The van der Waals surface area contributed by atoms with E-state index >= 15 is 0 Å². The fourth-order valence-electron chi connectivity index (χ4n) is 1.69. The summed E-state index contributed by atoms with van der Waals surface area (Å²) in [7, 11) is 0. The van der Waals surface area contributed by atoms with Crippen molar-refractivity contribution < 1.29 is 5.11 Å². The Morgan fingerprint density at radius 1 is 1.00 bits per heavy atom. The van der Waals surface area contributed by atoms with E-state index in [1.165, 1.54) is 11.1 Å². The van der Waals surface area contributed by atoms with Gasteiger partial charge in [-0.05, 0) is 17.5 Å². The predicted octanol–water partition coefficient (Wildman–Crippen LogP) is 2.43. The molecule has 0 aromatic heterocycles. The fraction of sp³-hybridized carbons (Fsp3) is 0.231. The highest BCUT2D eigenvalue weighted by molar-refractivity contribution is 5.36. The topological polar surface area (TPSA) is 20.2 Å². The highest BCUT2D eigenvalue weighted by Crippen LogP contribution is 2.22. The third-order valence-electron chi connectivity index (χ3n) is 2.51. The van der Waals surface area contributed by atoms with Crippen LogP contribution in [0.1, 0.15) is 17.0 Å². The zero-order valence-electron chi connectivity index (χ0n) is 8.06. The molecule has 1 aromatic rings. The minimum atomic E-state index is 0.225. The third-order valence-corrected chi connectivity index (χ3v) is 2.51. The molecular formula is C13H14O. The van der Waals surface area contributed by atoms with Gasteiger partial charge >= 0.3 is 0 Å². The number of allylic oxidation sites excluding steroid dienone is 4. The molecule has 0 heterocycles. The van der Waals surface area contributed by atoms with Crippen LogP contribution >= 0.6 is 0 Å². The molecule has 1 aliphatic rings. The molecule has 14 heavy (non-hydrogen) atoms. The molecule has 1 aromatic carbocycles. The predicted molar refractivity (Wildman–Crippen MR) is 58.3 cm³/mol. The molecular weight excluding hydrogens is 172 g/mol. The van der Waals surface area contributed by atoms with Gasteiger partial charge in [-0.3, -0.25) is 0 Å². The van der Waals surface area contributed by atoms with Crippen molar-refractivity contribution in [1.82, 2.24) is 0 Å². The summed E-state index contributed by atoms with van der Waals surface area (Å²) in [4.78, 5) is 0. The summed E-state index contributed by atoms with van der Waals surface area (Å²) < 4.78 is 0. The molecule has 2 rings (SSSR count). The van der Waals surface area contributed by atoms with Crippen LogP contribution in [0, 0.1) is 0 Å². The van der Waals surface area contributed by atoms with Gasteiger partial charge in [0.05, 0.1) is 0 Å². The Hall–Kier alpha value is -1.34. The normalized spacial score (nSPS) is 15.2. The molecule has 1 N–H and O–H groups in total. The molecule has 0 radical (unpaired) electrons. The van der Waals surface area contributed by atoms with Crippen LogP contribution in [0.3, 0.4) is 0 Å². The molecule has 72 valence electrons. The van der Waals surface area contributed by atoms with Gasteiger partial charge < -0.3 is 5.11 Å². The van der Waals surface area contributed by atoms with Crippen molar-refractivity contribution in [3.63, 3.8) is 0 Å². The minimum Gasteiger partial charge on any atom is -0.396 e. The number of rotatable bonds is 3. The molecule has 0 spiro atoms. The largest absolute Gasteiger partial charge is 0.396 e. The van der Waals surface area contributed by atoms with E-state index in [1.807, 2.05) is 0 Å². The SMILES string of the molecule is OCCc1ccc(C2C=CC=C2)cc1. The van der Waals surface area contributed by atoms with E-state index in [2.05, 4.69) is 48.6 Å². The minimum absolute atomic E-state index is 0.225. The Balaban J connectivity index is 2.13. The first-order valence-corrected chi connectivity index (χ1v) is 4.95. The van der Waals surface area contributed by atoms with Crippen LogP contribution in [-0.2, 0) is 6.42 Å². The summed E-state index contributed by atoms with van der Waals surface area (Å²) in [6.07, 6.45) is 9.26. The van der Waals surface area contributed by atoms with Crippen molar-refractivity contribution in [2.45, 2.75) is 12.3 Å². The van der Waals surface area contributed by atoms with Crippen molar-refractivity contribution in [1.29, 1.82) is 0 Å². The summed E-state index contributed by atoms with van der Waals surface area (Å²) >= 11 is 0. The summed E-state index contributed by atoms with van der Waals surface area (Å²) in [6, 6.07) is 8.45. The number of hydrogen-bond acceptors (Lipinski definition) is 1. The van der Waals surface area contributed by atoms with Gasteiger partial charge in [0.25, 0.3) is 0 Å². The van der Waals surface area contributed by atoms with Gasteiger partial charge in [0.2, 0.25) is 0 Å². The number of benzene rings is 1. The van der Waals surface area contributed by atoms with Gasteiger partial charge in [-0.25, -0.2) is 0 Å². The Morgan fingerprint density at radius 2 is 1.64 bits per heavy atom. The van der Waals surface area contributed by atoms with E-state index in [1.54, 1.807) is 0 Å². The van der Waals surface area contributed by atoms with Crippen molar-refractivity contribution in [3.05, 3.63) is 59.7 Å². The summed E-state index contributed by atoms with van der Waals surface area (Å²) in [5.74, 6) is 0.443. The lowest BCUT2D eigenvalue weighted by Crippen LogP contribution is -1.93. The van der Waals surface area contributed by atoms with Gasteiger partial charge in [0.1, 0.15) is 0 Å². The molecule has 0 atom stereocenters. The first kappa shape index (κ1) is 9.22. The second-order valence-corrected chi connectivity index (χ2v) is 3.51. The summed E-state index contributed by atoms with van der Waals surface area (Å²) in [6.45, 7) is 0.225. The van der Waals surface area contributed by atoms with Gasteiger partial charge in [0, 0.05) is 12.5 Å². The molecule has 0 amide bonds. The maximum Gasteiger partial charge on any atom is 0.0471 e. The van der Waals surface area contributed by atoms with Crippen LogP contribution in [0.5, 0.6) is 0 Å². The standard InChI is InChI=1S/C13H14O/c14-10-9-11-5-7-13(8-6-11)12-3-1-2-4-12/h1-8,12,14H,9-10H2. The maximum absolute atomic E-state index is 8.78.